The Balaban J connectivity index is 2.00. The quantitative estimate of drug-likeness (QED) is 0.876. The van der Waals surface area contributed by atoms with Gasteiger partial charge in [-0.25, -0.2) is 9.97 Å². The van der Waals surface area contributed by atoms with Gasteiger partial charge in [0.15, 0.2) is 0 Å². The van der Waals surface area contributed by atoms with Gasteiger partial charge in [0, 0.05) is 18.9 Å². The van der Waals surface area contributed by atoms with Gasteiger partial charge in [-0.15, -0.1) is 0 Å². The number of anilines is 2. The highest BCUT2D eigenvalue weighted by Crippen LogP contribution is 2.09. The third kappa shape index (κ3) is 3.78. The van der Waals surface area contributed by atoms with E-state index in [-0.39, 0.29) is 5.91 Å². The van der Waals surface area contributed by atoms with Crippen LogP contribution in [-0.2, 0) is 0 Å². The first-order valence-electron chi connectivity index (χ1n) is 6.63. The molecule has 20 heavy (non-hydrogen) atoms. The number of nitrogens with zero attached hydrogens (tertiary/aromatic N) is 2. The molecule has 0 unspecified atom stereocenters. The average molecular weight is 270 g/mol. The average Bonchev–Trinajstić information content (AvgIpc) is 2.48. The molecule has 2 heterocycles. The predicted molar refractivity (Wildman–Crippen MR) is 79.9 cm³/mol. The Hall–Kier alpha value is -2.43. The molecule has 0 saturated heterocycles. The molecule has 2 aromatic rings. The number of aromatic nitrogens is 2. The van der Waals surface area contributed by atoms with E-state index in [2.05, 4.69) is 27.5 Å². The van der Waals surface area contributed by atoms with Gasteiger partial charge in [0.05, 0.1) is 5.56 Å². The van der Waals surface area contributed by atoms with Crippen molar-refractivity contribution in [2.24, 2.45) is 0 Å². The van der Waals surface area contributed by atoms with Crippen molar-refractivity contribution < 1.29 is 4.79 Å². The van der Waals surface area contributed by atoms with Crippen LogP contribution in [0.2, 0.25) is 0 Å². The molecule has 0 aliphatic carbocycles. The van der Waals surface area contributed by atoms with Gasteiger partial charge in [-0.05, 0) is 37.1 Å². The summed E-state index contributed by atoms with van der Waals surface area (Å²) >= 11 is 0. The molecule has 5 nitrogen and oxygen atoms in total. The van der Waals surface area contributed by atoms with Crippen LogP contribution in [0.3, 0.4) is 0 Å². The Kier molecular flexibility index (Phi) is 4.65. The molecule has 5 heteroatoms. The van der Waals surface area contributed by atoms with E-state index in [1.165, 1.54) is 0 Å². The van der Waals surface area contributed by atoms with E-state index in [1.807, 2.05) is 13.0 Å². The molecule has 0 aromatic carbocycles. The molecule has 1 amide bonds. The zero-order valence-electron chi connectivity index (χ0n) is 11.7. The van der Waals surface area contributed by atoms with Crippen LogP contribution in [-0.4, -0.2) is 22.4 Å². The molecule has 0 aliphatic rings. The molecule has 0 bridgehead atoms. The molecule has 104 valence electrons. The first-order valence-corrected chi connectivity index (χ1v) is 6.63. The first kappa shape index (κ1) is 14.0. The molecule has 0 aliphatic heterocycles. The van der Waals surface area contributed by atoms with E-state index in [1.54, 1.807) is 30.6 Å². The molecule has 0 radical (unpaired) electrons. The number of amides is 1. The highest BCUT2D eigenvalue weighted by molar-refractivity contribution is 6.03. The second-order valence-corrected chi connectivity index (χ2v) is 4.53. The maximum Gasteiger partial charge on any atom is 0.258 e. The van der Waals surface area contributed by atoms with Crippen molar-refractivity contribution in [1.82, 2.24) is 9.97 Å². The van der Waals surface area contributed by atoms with Crippen molar-refractivity contribution in [3.05, 3.63) is 47.8 Å². The van der Waals surface area contributed by atoms with Gasteiger partial charge >= 0.3 is 0 Å². The Morgan fingerprint density at radius 2 is 1.85 bits per heavy atom. The van der Waals surface area contributed by atoms with E-state index in [0.717, 1.165) is 24.3 Å². The summed E-state index contributed by atoms with van der Waals surface area (Å²) < 4.78 is 0. The SMILES string of the molecule is CCCNc1ccc(C(=O)Nc2ccc(C)cn2)cn1. The number of carbonyl (C=O) groups excluding carboxylic acids is 1. The Bertz CT molecular complexity index is 563. The predicted octanol–water partition coefficient (Wildman–Crippen LogP) is 2.86. The monoisotopic (exact) mass is 270 g/mol. The lowest BCUT2D eigenvalue weighted by Gasteiger charge is -2.06. The van der Waals surface area contributed by atoms with E-state index in [0.29, 0.717) is 11.4 Å². The number of carbonyl (C=O) groups is 1. The number of nitrogens with one attached hydrogen (secondary N) is 2. The number of rotatable bonds is 5. The molecule has 2 aromatic heterocycles. The standard InChI is InChI=1S/C15H18N4O/c1-3-8-16-13-7-5-12(10-18-13)15(20)19-14-6-4-11(2)9-17-14/h4-7,9-10H,3,8H2,1-2H3,(H,16,18)(H,17,19,20). The zero-order chi connectivity index (χ0) is 14.4. The second kappa shape index (κ2) is 6.65. The third-order valence-electron chi connectivity index (χ3n) is 2.73. The maximum absolute atomic E-state index is 12.0. The van der Waals surface area contributed by atoms with Crippen molar-refractivity contribution in [3.63, 3.8) is 0 Å². The fourth-order valence-corrected chi connectivity index (χ4v) is 1.62. The van der Waals surface area contributed by atoms with Crippen LogP contribution >= 0.6 is 0 Å². The lowest BCUT2D eigenvalue weighted by molar-refractivity contribution is 0.102. The maximum atomic E-state index is 12.0. The van der Waals surface area contributed by atoms with Crippen molar-refractivity contribution in [2.75, 3.05) is 17.2 Å². The first-order chi connectivity index (χ1) is 9.69. The van der Waals surface area contributed by atoms with E-state index >= 15 is 0 Å². The topological polar surface area (TPSA) is 66.9 Å². The van der Waals surface area contributed by atoms with Crippen LogP contribution in [0, 0.1) is 6.92 Å². The van der Waals surface area contributed by atoms with Crippen molar-refractivity contribution in [2.45, 2.75) is 20.3 Å². The van der Waals surface area contributed by atoms with Crippen molar-refractivity contribution in [1.29, 1.82) is 0 Å². The molecule has 0 fully saturated rings. The summed E-state index contributed by atoms with van der Waals surface area (Å²) in [4.78, 5) is 20.4. The van der Waals surface area contributed by atoms with Crippen LogP contribution in [0.25, 0.3) is 0 Å². The molecule has 2 N–H and O–H groups in total. The number of pyridine rings is 2. The second-order valence-electron chi connectivity index (χ2n) is 4.53. The lowest BCUT2D eigenvalue weighted by atomic mass is 10.2. The number of aryl methyl sites for hydroxylation is 1. The fraction of sp³-hybridized carbons (Fsp3) is 0.267. The van der Waals surface area contributed by atoms with Crippen LogP contribution in [0.15, 0.2) is 36.7 Å². The van der Waals surface area contributed by atoms with Crippen LogP contribution in [0.4, 0.5) is 11.6 Å². The van der Waals surface area contributed by atoms with Gasteiger partial charge < -0.3 is 10.6 Å². The molecule has 0 atom stereocenters. The summed E-state index contributed by atoms with van der Waals surface area (Å²) in [5.41, 5.74) is 1.56. The van der Waals surface area contributed by atoms with Crippen molar-refractivity contribution in [3.8, 4) is 0 Å². The summed E-state index contributed by atoms with van der Waals surface area (Å²) in [7, 11) is 0. The lowest BCUT2D eigenvalue weighted by Crippen LogP contribution is -2.13. The third-order valence-corrected chi connectivity index (χ3v) is 2.73. The summed E-state index contributed by atoms with van der Waals surface area (Å²) in [5.74, 6) is 1.10. The highest BCUT2D eigenvalue weighted by Gasteiger charge is 2.07. The van der Waals surface area contributed by atoms with Gasteiger partial charge in [-0.3, -0.25) is 4.79 Å². The van der Waals surface area contributed by atoms with Crippen LogP contribution < -0.4 is 10.6 Å². The molecule has 2 rings (SSSR count). The normalized spacial score (nSPS) is 10.1. The largest absolute Gasteiger partial charge is 0.370 e. The minimum atomic E-state index is -0.212. The van der Waals surface area contributed by atoms with E-state index in [9.17, 15) is 4.79 Å². The summed E-state index contributed by atoms with van der Waals surface area (Å²) in [5, 5.41) is 5.90. The summed E-state index contributed by atoms with van der Waals surface area (Å²) in [6, 6.07) is 7.22. The minimum Gasteiger partial charge on any atom is -0.370 e. The van der Waals surface area contributed by atoms with Gasteiger partial charge in [0.1, 0.15) is 11.6 Å². The van der Waals surface area contributed by atoms with Gasteiger partial charge in [0.2, 0.25) is 0 Å². The van der Waals surface area contributed by atoms with Crippen molar-refractivity contribution >= 4 is 17.5 Å². The molecular formula is C15H18N4O. The van der Waals surface area contributed by atoms with Gasteiger partial charge in [-0.2, -0.15) is 0 Å². The Morgan fingerprint density at radius 1 is 1.10 bits per heavy atom. The van der Waals surface area contributed by atoms with Crippen LogP contribution in [0.5, 0.6) is 0 Å². The number of hydrogen-bond acceptors (Lipinski definition) is 4. The number of hydrogen-bond donors (Lipinski definition) is 2. The molecular weight excluding hydrogens is 252 g/mol. The summed E-state index contributed by atoms with van der Waals surface area (Å²) in [6.45, 7) is 4.90. The Labute approximate surface area is 118 Å². The van der Waals surface area contributed by atoms with Crippen LogP contribution in [0.1, 0.15) is 29.3 Å². The molecule has 0 saturated carbocycles. The van der Waals surface area contributed by atoms with E-state index in [4.69, 9.17) is 0 Å². The smallest absolute Gasteiger partial charge is 0.258 e. The minimum absolute atomic E-state index is 0.212. The highest BCUT2D eigenvalue weighted by atomic mass is 16.1. The van der Waals surface area contributed by atoms with Gasteiger partial charge in [0.25, 0.3) is 5.91 Å². The Morgan fingerprint density at radius 3 is 2.45 bits per heavy atom. The fourth-order valence-electron chi connectivity index (χ4n) is 1.62. The summed E-state index contributed by atoms with van der Waals surface area (Å²) in [6.07, 6.45) is 4.30. The van der Waals surface area contributed by atoms with Gasteiger partial charge in [-0.1, -0.05) is 13.0 Å². The zero-order valence-corrected chi connectivity index (χ0v) is 11.7. The van der Waals surface area contributed by atoms with E-state index < -0.39 is 0 Å². The molecule has 0 spiro atoms.